The van der Waals surface area contributed by atoms with Crippen molar-refractivity contribution in [2.45, 2.75) is 51.0 Å². The van der Waals surface area contributed by atoms with E-state index in [1.165, 1.54) is 43.9 Å². The van der Waals surface area contributed by atoms with Crippen LogP contribution in [-0.4, -0.2) is 47.1 Å². The molecule has 5 aliphatic rings. The predicted octanol–water partition coefficient (Wildman–Crippen LogP) is 5.91. The van der Waals surface area contributed by atoms with E-state index in [1.807, 2.05) is 35.2 Å². The molecule has 1 saturated heterocycles. The van der Waals surface area contributed by atoms with Gasteiger partial charge < -0.3 is 19.0 Å². The van der Waals surface area contributed by atoms with Crippen LogP contribution >= 0.6 is 24.0 Å². The maximum absolute atomic E-state index is 13.8. The fraction of sp³-hybridized carbons (Fsp3) is 0.517. The molecule has 0 radical (unpaired) electrons. The van der Waals surface area contributed by atoms with Crippen LogP contribution < -0.4 is 9.47 Å². The number of hydrogen-bond acceptors (Lipinski definition) is 7. The second-order valence-electron chi connectivity index (χ2n) is 10.9. The highest BCUT2D eigenvalue weighted by atomic mass is 32.2. The van der Waals surface area contributed by atoms with Crippen molar-refractivity contribution in [3.63, 3.8) is 0 Å². The standard InChI is InChI=1S/C29H33NO5S2/c1-33-21-5-6-22(24(14-21)34-2)25-13-18(4-3-7-31)23(35-25)15-26-28(32)30(29(36)37-26)27-19-9-16-8-17(11-19)12-20(27)10-16/h5-6,13-17,19-20,27,31H,3-4,7-12H2,1-2H3/b26-15-. The summed E-state index contributed by atoms with van der Waals surface area (Å²) in [5.74, 6) is 5.48. The molecule has 1 amide bonds. The summed E-state index contributed by atoms with van der Waals surface area (Å²) in [5.41, 5.74) is 1.75. The van der Waals surface area contributed by atoms with Crippen LogP contribution in [0.3, 0.4) is 0 Å². The highest BCUT2D eigenvalue weighted by Gasteiger charge is 2.53. The van der Waals surface area contributed by atoms with Crippen molar-refractivity contribution >= 4 is 40.3 Å². The first-order chi connectivity index (χ1) is 18.0. The van der Waals surface area contributed by atoms with E-state index in [2.05, 4.69) is 0 Å². The maximum atomic E-state index is 13.8. The van der Waals surface area contributed by atoms with Gasteiger partial charge in [0.1, 0.15) is 27.3 Å². The Hall–Kier alpha value is -2.29. The van der Waals surface area contributed by atoms with Gasteiger partial charge in [0.25, 0.3) is 5.91 Å². The molecule has 0 spiro atoms. The molecule has 4 bridgehead atoms. The van der Waals surface area contributed by atoms with E-state index in [0.717, 1.165) is 23.0 Å². The number of rotatable bonds is 8. The number of thiocarbonyl (C=S) groups is 1. The van der Waals surface area contributed by atoms with Gasteiger partial charge in [-0.1, -0.05) is 24.0 Å². The van der Waals surface area contributed by atoms with Crippen LogP contribution in [0.5, 0.6) is 11.5 Å². The number of furan rings is 1. The number of hydrogen-bond donors (Lipinski definition) is 1. The number of aryl methyl sites for hydroxylation is 1. The molecule has 2 heterocycles. The quantitative estimate of drug-likeness (QED) is 0.330. The van der Waals surface area contributed by atoms with Crippen molar-refractivity contribution in [1.29, 1.82) is 0 Å². The minimum Gasteiger partial charge on any atom is -0.497 e. The molecular formula is C29H33NO5S2. The van der Waals surface area contributed by atoms with Gasteiger partial charge in [0.05, 0.1) is 24.7 Å². The minimum atomic E-state index is 0.0144. The summed E-state index contributed by atoms with van der Waals surface area (Å²) in [6.07, 6.45) is 9.44. The van der Waals surface area contributed by atoms with Gasteiger partial charge in [-0.3, -0.25) is 9.69 Å². The Labute approximate surface area is 227 Å². The normalized spacial score (nSPS) is 29.5. The molecule has 1 N–H and O–H groups in total. The Morgan fingerprint density at radius 2 is 1.84 bits per heavy atom. The number of carbonyl (C=O) groups excluding carboxylic acids is 1. The van der Waals surface area contributed by atoms with E-state index in [0.29, 0.717) is 56.9 Å². The first-order valence-electron chi connectivity index (χ1n) is 13.2. The van der Waals surface area contributed by atoms with Gasteiger partial charge in [-0.2, -0.15) is 0 Å². The van der Waals surface area contributed by atoms with E-state index in [9.17, 15) is 9.90 Å². The van der Waals surface area contributed by atoms with E-state index in [1.54, 1.807) is 14.2 Å². The zero-order chi connectivity index (χ0) is 25.7. The molecule has 6 nitrogen and oxygen atoms in total. The fourth-order valence-corrected chi connectivity index (χ4v) is 8.66. The number of carbonyl (C=O) groups is 1. The number of ether oxygens (including phenoxy) is 2. The lowest BCUT2D eigenvalue weighted by atomic mass is 9.54. The number of thioether (sulfide) groups is 1. The predicted molar refractivity (Wildman–Crippen MR) is 148 cm³/mol. The molecule has 5 fully saturated rings. The van der Waals surface area contributed by atoms with Crippen LogP contribution in [-0.2, 0) is 11.2 Å². The lowest BCUT2D eigenvalue weighted by Crippen LogP contribution is -2.57. The first kappa shape index (κ1) is 25.0. The number of benzene rings is 1. The molecular weight excluding hydrogens is 506 g/mol. The van der Waals surface area contributed by atoms with Crippen LogP contribution in [0.1, 0.15) is 49.8 Å². The van der Waals surface area contributed by atoms with Gasteiger partial charge in [-0.15, -0.1) is 0 Å². The summed E-state index contributed by atoms with van der Waals surface area (Å²) < 4.78 is 17.9. The van der Waals surface area contributed by atoms with Gasteiger partial charge in [0, 0.05) is 24.8 Å². The molecule has 1 aromatic carbocycles. The molecule has 196 valence electrons. The Kier molecular flexibility index (Phi) is 6.84. The molecule has 1 aromatic heterocycles. The number of amides is 1. The molecule has 0 unspecified atom stereocenters. The lowest BCUT2D eigenvalue weighted by Gasteiger charge is -2.56. The van der Waals surface area contributed by atoms with Crippen LogP contribution in [0.15, 0.2) is 33.6 Å². The zero-order valence-corrected chi connectivity index (χ0v) is 22.9. The van der Waals surface area contributed by atoms with E-state index in [4.69, 9.17) is 26.1 Å². The van der Waals surface area contributed by atoms with Crippen LogP contribution in [0.4, 0.5) is 0 Å². The first-order valence-corrected chi connectivity index (χ1v) is 14.4. The van der Waals surface area contributed by atoms with Crippen molar-refractivity contribution in [3.8, 4) is 22.8 Å². The monoisotopic (exact) mass is 539 g/mol. The molecule has 4 saturated carbocycles. The summed E-state index contributed by atoms with van der Waals surface area (Å²) in [6.45, 7) is 0.0837. The van der Waals surface area contributed by atoms with Crippen LogP contribution in [0, 0.1) is 23.7 Å². The second kappa shape index (κ2) is 10.1. The van der Waals surface area contributed by atoms with E-state index >= 15 is 0 Å². The number of nitrogens with zero attached hydrogens (tertiary/aromatic N) is 1. The van der Waals surface area contributed by atoms with Crippen LogP contribution in [0.25, 0.3) is 17.4 Å². The van der Waals surface area contributed by atoms with Crippen molar-refractivity contribution in [3.05, 3.63) is 40.5 Å². The Balaban J connectivity index is 1.31. The van der Waals surface area contributed by atoms with Gasteiger partial charge in [0.2, 0.25) is 0 Å². The largest absolute Gasteiger partial charge is 0.497 e. The SMILES string of the molecule is COc1ccc(-c2cc(CCCO)c(/C=C3\SC(=S)N(C4C5CC6CC(C5)CC4C6)C3=O)o2)c(OC)c1. The van der Waals surface area contributed by atoms with Gasteiger partial charge in [-0.05, 0) is 92.4 Å². The third kappa shape index (κ3) is 4.51. The van der Waals surface area contributed by atoms with Gasteiger partial charge in [0.15, 0.2) is 0 Å². The highest BCUT2D eigenvalue weighted by Crippen LogP contribution is 2.56. The summed E-state index contributed by atoms with van der Waals surface area (Å²) in [5, 5.41) is 9.46. The zero-order valence-electron chi connectivity index (χ0n) is 21.3. The fourth-order valence-electron chi connectivity index (χ4n) is 7.34. The molecule has 1 aliphatic heterocycles. The van der Waals surface area contributed by atoms with Crippen molar-refractivity contribution in [2.24, 2.45) is 23.7 Å². The third-order valence-corrected chi connectivity index (χ3v) is 10.0. The average molecular weight is 540 g/mol. The Morgan fingerprint density at radius 1 is 1.11 bits per heavy atom. The minimum absolute atomic E-state index is 0.0144. The Morgan fingerprint density at radius 3 is 2.49 bits per heavy atom. The van der Waals surface area contributed by atoms with Crippen molar-refractivity contribution in [1.82, 2.24) is 4.90 Å². The molecule has 7 rings (SSSR count). The van der Waals surface area contributed by atoms with Gasteiger partial charge >= 0.3 is 0 Å². The summed E-state index contributed by atoms with van der Waals surface area (Å²) in [7, 11) is 3.23. The highest BCUT2D eigenvalue weighted by molar-refractivity contribution is 8.26. The lowest BCUT2D eigenvalue weighted by molar-refractivity contribution is -0.130. The topological polar surface area (TPSA) is 72.1 Å². The third-order valence-electron chi connectivity index (χ3n) is 8.68. The van der Waals surface area contributed by atoms with Crippen LogP contribution in [0.2, 0.25) is 0 Å². The summed E-state index contributed by atoms with van der Waals surface area (Å²) >= 11 is 7.18. The summed E-state index contributed by atoms with van der Waals surface area (Å²) in [4.78, 5) is 16.3. The van der Waals surface area contributed by atoms with Crippen molar-refractivity contribution < 1.29 is 23.8 Å². The summed E-state index contributed by atoms with van der Waals surface area (Å²) in [6, 6.07) is 7.81. The second-order valence-corrected chi connectivity index (χ2v) is 12.5. The molecule has 2 aromatic rings. The van der Waals surface area contributed by atoms with Crippen molar-refractivity contribution in [2.75, 3.05) is 20.8 Å². The average Bonchev–Trinajstić information content (AvgIpc) is 3.41. The number of methoxy groups -OCH3 is 2. The van der Waals surface area contributed by atoms with E-state index < -0.39 is 0 Å². The molecule has 4 aliphatic carbocycles. The Bertz CT molecular complexity index is 1220. The molecule has 8 heteroatoms. The number of aliphatic hydroxyl groups excluding tert-OH is 1. The molecule has 37 heavy (non-hydrogen) atoms. The number of aliphatic hydroxyl groups is 1. The van der Waals surface area contributed by atoms with Gasteiger partial charge in [-0.25, -0.2) is 0 Å². The van der Waals surface area contributed by atoms with E-state index in [-0.39, 0.29) is 18.6 Å². The smallest absolute Gasteiger partial charge is 0.266 e. The maximum Gasteiger partial charge on any atom is 0.266 e. The molecule has 0 atom stereocenters.